The highest BCUT2D eigenvalue weighted by Crippen LogP contribution is 2.09. The van der Waals surface area contributed by atoms with Crippen molar-refractivity contribution in [3.63, 3.8) is 0 Å². The second-order valence-electron chi connectivity index (χ2n) is 11.5. The van der Waals surface area contributed by atoms with Gasteiger partial charge in [-0.2, -0.15) is 0 Å². The predicted molar refractivity (Wildman–Crippen MR) is 176 cm³/mol. The van der Waals surface area contributed by atoms with Crippen LogP contribution in [0.3, 0.4) is 0 Å². The highest BCUT2D eigenvalue weighted by molar-refractivity contribution is 5.87. The number of nitrogens with one attached hydrogen (secondary N) is 4. The molecule has 278 valence electrons. The maximum atomic E-state index is 12.2. The Balaban J connectivity index is 0. The predicted octanol–water partition coefficient (Wildman–Crippen LogP) is 1.84. The van der Waals surface area contributed by atoms with Gasteiger partial charge in [0.05, 0.1) is 32.3 Å². The van der Waals surface area contributed by atoms with E-state index in [0.717, 1.165) is 32.1 Å². The van der Waals surface area contributed by atoms with Crippen molar-refractivity contribution < 1.29 is 59.8 Å². The molecule has 4 amide bonds. The van der Waals surface area contributed by atoms with Gasteiger partial charge in [-0.3, -0.25) is 28.8 Å². The van der Waals surface area contributed by atoms with Gasteiger partial charge in [0.2, 0.25) is 23.6 Å². The molecule has 0 radical (unpaired) electrons. The molecule has 0 bridgehead atoms. The van der Waals surface area contributed by atoms with Crippen molar-refractivity contribution in [2.75, 3.05) is 46.1 Å². The van der Waals surface area contributed by atoms with Crippen LogP contribution in [-0.2, 0) is 43.0 Å². The van der Waals surface area contributed by atoms with Crippen LogP contribution in [0.4, 0.5) is 0 Å². The summed E-state index contributed by atoms with van der Waals surface area (Å²) in [4.78, 5) is 80.7. The van der Waals surface area contributed by atoms with E-state index in [1.807, 2.05) is 0 Å². The highest BCUT2D eigenvalue weighted by atomic mass is 16.5. The Morgan fingerprint density at radius 2 is 1.02 bits per heavy atom. The number of aliphatic carboxylic acids is 3. The minimum Gasteiger partial charge on any atom is -0.481 e. The molecule has 0 aliphatic carbocycles. The van der Waals surface area contributed by atoms with Crippen molar-refractivity contribution in [1.82, 2.24) is 21.3 Å². The van der Waals surface area contributed by atoms with Crippen molar-refractivity contribution in [2.45, 2.75) is 109 Å². The lowest BCUT2D eigenvalue weighted by Crippen LogP contribution is -2.42. The van der Waals surface area contributed by atoms with Crippen LogP contribution in [0.2, 0.25) is 0 Å². The Morgan fingerprint density at radius 3 is 1.58 bits per heavy atom. The van der Waals surface area contributed by atoms with Gasteiger partial charge in [-0.25, -0.2) is 4.79 Å². The Hall–Kier alpha value is -3.79. The lowest BCUT2D eigenvalue weighted by Gasteiger charge is -2.14. The summed E-state index contributed by atoms with van der Waals surface area (Å²) in [5.74, 6) is -4.83. The third-order valence-corrected chi connectivity index (χ3v) is 7.23. The number of carbonyl (C=O) groups excluding carboxylic acids is 4. The van der Waals surface area contributed by atoms with Crippen LogP contribution in [0.1, 0.15) is 105 Å². The monoisotopic (exact) mass is 690 g/mol. The molecule has 0 rings (SSSR count). The van der Waals surface area contributed by atoms with E-state index in [9.17, 15) is 38.7 Å². The molecule has 0 fully saturated rings. The third-order valence-electron chi connectivity index (χ3n) is 7.23. The molecule has 16 heteroatoms. The maximum absolute atomic E-state index is 12.2. The normalized spacial score (nSPS) is 12.0. The molecule has 0 saturated carbocycles. The first-order chi connectivity index (χ1) is 22.9. The number of carbonyl (C=O) groups is 7. The van der Waals surface area contributed by atoms with Gasteiger partial charge < -0.3 is 46.1 Å². The van der Waals surface area contributed by atoms with Crippen LogP contribution in [-0.4, -0.2) is 109 Å². The van der Waals surface area contributed by atoms with Gasteiger partial charge in [-0.05, 0) is 32.1 Å². The van der Waals surface area contributed by atoms with E-state index in [2.05, 4.69) is 21.3 Å². The number of amides is 4. The molecule has 0 aliphatic heterocycles. The standard InChI is InChI=1S/C32H56N4O12.H2/c1-24(31(43)44)10-8-9-17-33-27(38)14-13-25(32(45)46)36-29(40)16-15-28(39)35-19-21-48-23-22-47-20-18-34-26(37)11-6-4-2-3-5-7-12-30(41)42;/h24-25H,2-23H2,1H3,(H,33,38)(H,34,37)(H,35,39)(H,36,40)(H,41,42)(H,43,44)(H,45,46);1H/t24-,25-;/m0./s1. The number of hydrogen-bond acceptors (Lipinski definition) is 9. The number of ether oxygens (including phenoxy) is 2. The number of rotatable bonds is 32. The van der Waals surface area contributed by atoms with Crippen molar-refractivity contribution >= 4 is 41.5 Å². The average Bonchev–Trinajstić information content (AvgIpc) is 3.03. The summed E-state index contributed by atoms with van der Waals surface area (Å²) in [7, 11) is 0. The van der Waals surface area contributed by atoms with Crippen LogP contribution in [0, 0.1) is 5.92 Å². The minimum absolute atomic E-state index is 0. The molecule has 0 aromatic carbocycles. The maximum Gasteiger partial charge on any atom is 0.326 e. The molecular weight excluding hydrogens is 632 g/mol. The fourth-order valence-electron chi connectivity index (χ4n) is 4.33. The zero-order valence-corrected chi connectivity index (χ0v) is 28.2. The first kappa shape index (κ1) is 44.2. The molecule has 0 aliphatic rings. The fraction of sp³-hybridized carbons (Fsp3) is 0.781. The van der Waals surface area contributed by atoms with Crippen LogP contribution < -0.4 is 21.3 Å². The van der Waals surface area contributed by atoms with E-state index in [4.69, 9.17) is 19.7 Å². The van der Waals surface area contributed by atoms with Gasteiger partial charge >= 0.3 is 17.9 Å². The van der Waals surface area contributed by atoms with Crippen molar-refractivity contribution in [3.8, 4) is 0 Å². The number of carboxylic acids is 3. The Kier molecular flexibility index (Phi) is 27.0. The summed E-state index contributed by atoms with van der Waals surface area (Å²) in [5.41, 5.74) is 0. The Labute approximate surface area is 283 Å². The quantitative estimate of drug-likeness (QED) is 0.0500. The van der Waals surface area contributed by atoms with Crippen molar-refractivity contribution in [2.24, 2.45) is 5.92 Å². The molecule has 48 heavy (non-hydrogen) atoms. The van der Waals surface area contributed by atoms with Crippen LogP contribution in [0.15, 0.2) is 0 Å². The van der Waals surface area contributed by atoms with Gasteiger partial charge in [-0.1, -0.05) is 39.0 Å². The molecule has 0 unspecified atom stereocenters. The molecule has 16 nitrogen and oxygen atoms in total. The van der Waals surface area contributed by atoms with Crippen LogP contribution >= 0.6 is 0 Å². The number of hydrogen-bond donors (Lipinski definition) is 7. The van der Waals surface area contributed by atoms with Crippen molar-refractivity contribution in [1.29, 1.82) is 0 Å². The summed E-state index contributed by atoms with van der Waals surface area (Å²) in [5, 5.41) is 37.2. The lowest BCUT2D eigenvalue weighted by atomic mass is 10.0. The van der Waals surface area contributed by atoms with E-state index < -0.39 is 41.7 Å². The number of carboxylic acid groups (broad SMARTS) is 3. The number of unbranched alkanes of at least 4 members (excludes halogenated alkanes) is 6. The summed E-state index contributed by atoms with van der Waals surface area (Å²) >= 11 is 0. The molecule has 2 atom stereocenters. The van der Waals surface area contributed by atoms with E-state index in [1.54, 1.807) is 6.92 Å². The summed E-state index contributed by atoms with van der Waals surface area (Å²) in [6.45, 7) is 3.72. The second-order valence-corrected chi connectivity index (χ2v) is 11.5. The first-order valence-corrected chi connectivity index (χ1v) is 16.8. The SMILES string of the molecule is C[C@@H](CCCCNC(=O)CC[C@H](NC(=O)CCC(=O)NCCOCCOCCNC(=O)CCCCCCCCC(=O)O)C(=O)O)C(=O)O.[HH]. The first-order valence-electron chi connectivity index (χ1n) is 16.8. The third kappa shape index (κ3) is 28.4. The van der Waals surface area contributed by atoms with Gasteiger partial charge in [0.1, 0.15) is 6.04 Å². The Morgan fingerprint density at radius 1 is 0.521 bits per heavy atom. The van der Waals surface area contributed by atoms with Gasteiger partial charge in [0, 0.05) is 53.2 Å². The summed E-state index contributed by atoms with van der Waals surface area (Å²) in [6.07, 6.45) is 7.01. The second kappa shape index (κ2) is 29.4. The largest absolute Gasteiger partial charge is 0.481 e. The smallest absolute Gasteiger partial charge is 0.326 e. The molecule has 0 heterocycles. The minimum atomic E-state index is -1.29. The lowest BCUT2D eigenvalue weighted by molar-refractivity contribution is -0.142. The van der Waals surface area contributed by atoms with E-state index >= 15 is 0 Å². The van der Waals surface area contributed by atoms with E-state index in [-0.39, 0.29) is 58.5 Å². The molecule has 0 aromatic heterocycles. The summed E-state index contributed by atoms with van der Waals surface area (Å²) < 4.78 is 10.8. The molecule has 0 saturated heterocycles. The Bertz CT molecular complexity index is 986. The highest BCUT2D eigenvalue weighted by Gasteiger charge is 2.21. The van der Waals surface area contributed by atoms with E-state index in [1.165, 1.54) is 0 Å². The molecule has 0 spiro atoms. The van der Waals surface area contributed by atoms with E-state index in [0.29, 0.717) is 65.0 Å². The fourth-order valence-corrected chi connectivity index (χ4v) is 4.33. The van der Waals surface area contributed by atoms with Gasteiger partial charge in [0.25, 0.3) is 0 Å². The van der Waals surface area contributed by atoms with Crippen LogP contribution in [0.25, 0.3) is 0 Å². The molecule has 0 aromatic rings. The van der Waals surface area contributed by atoms with Crippen molar-refractivity contribution in [3.05, 3.63) is 0 Å². The topological polar surface area (TPSA) is 247 Å². The molecule has 7 N–H and O–H groups in total. The van der Waals surface area contributed by atoms with Gasteiger partial charge in [-0.15, -0.1) is 0 Å². The van der Waals surface area contributed by atoms with Crippen LogP contribution in [0.5, 0.6) is 0 Å². The van der Waals surface area contributed by atoms with Gasteiger partial charge in [0.15, 0.2) is 0 Å². The molecular formula is C32H58N4O12. The average molecular weight is 691 g/mol. The zero-order chi connectivity index (χ0) is 36.0. The zero-order valence-electron chi connectivity index (χ0n) is 28.2. The summed E-state index contributed by atoms with van der Waals surface area (Å²) in [6, 6.07) is -1.28.